The Morgan fingerprint density at radius 1 is 1.53 bits per heavy atom. The van der Waals surface area contributed by atoms with E-state index in [1.54, 1.807) is 18.7 Å². The lowest BCUT2D eigenvalue weighted by atomic mass is 10.3. The van der Waals surface area contributed by atoms with Crippen LogP contribution in [-0.2, 0) is 5.75 Å². The van der Waals surface area contributed by atoms with E-state index in [4.69, 9.17) is 5.11 Å². The molecule has 15 heavy (non-hydrogen) atoms. The Hall–Kier alpha value is -0.550. The van der Waals surface area contributed by atoms with Crippen molar-refractivity contribution in [2.75, 3.05) is 0 Å². The van der Waals surface area contributed by atoms with Crippen molar-refractivity contribution in [2.24, 2.45) is 0 Å². The molecule has 0 unspecified atom stereocenters. The number of thioether (sulfide) groups is 1. The van der Waals surface area contributed by atoms with Gasteiger partial charge in [-0.25, -0.2) is 9.78 Å². The van der Waals surface area contributed by atoms with Gasteiger partial charge in [0.05, 0.1) is 5.69 Å². The van der Waals surface area contributed by atoms with Gasteiger partial charge in [-0.15, -0.1) is 23.1 Å². The second-order valence-electron chi connectivity index (χ2n) is 4.23. The minimum Gasteiger partial charge on any atom is -0.477 e. The number of aromatic nitrogens is 1. The minimum atomic E-state index is -0.878. The summed E-state index contributed by atoms with van der Waals surface area (Å²) in [6.45, 7) is 8.15. The van der Waals surface area contributed by atoms with Gasteiger partial charge in [0, 0.05) is 10.5 Å². The van der Waals surface area contributed by atoms with Crippen LogP contribution in [0.3, 0.4) is 0 Å². The standard InChI is InChI=1S/C10H15NO2S2/c1-6-8(9(12)13)15-7(11-6)5-14-10(2,3)4/h5H2,1-4H3,(H,12,13). The fourth-order valence-electron chi connectivity index (χ4n) is 0.991. The molecular formula is C10H15NO2S2. The van der Waals surface area contributed by atoms with Crippen molar-refractivity contribution in [3.05, 3.63) is 15.6 Å². The Balaban J connectivity index is 2.72. The Labute approximate surface area is 97.9 Å². The van der Waals surface area contributed by atoms with Crippen LogP contribution in [0, 0.1) is 6.92 Å². The number of carboxylic acids is 1. The first kappa shape index (κ1) is 12.5. The van der Waals surface area contributed by atoms with Crippen LogP contribution in [0.15, 0.2) is 0 Å². The first-order valence-corrected chi connectivity index (χ1v) is 6.43. The fraction of sp³-hybridized carbons (Fsp3) is 0.600. The van der Waals surface area contributed by atoms with Crippen LogP contribution in [0.25, 0.3) is 0 Å². The van der Waals surface area contributed by atoms with E-state index in [0.29, 0.717) is 10.6 Å². The molecule has 0 aliphatic carbocycles. The van der Waals surface area contributed by atoms with Gasteiger partial charge in [-0.1, -0.05) is 20.8 Å². The van der Waals surface area contributed by atoms with Crippen LogP contribution in [0.4, 0.5) is 0 Å². The third kappa shape index (κ3) is 3.83. The normalized spacial score (nSPS) is 11.7. The highest BCUT2D eigenvalue weighted by Crippen LogP contribution is 2.29. The minimum absolute atomic E-state index is 0.183. The van der Waals surface area contributed by atoms with E-state index in [2.05, 4.69) is 25.8 Å². The van der Waals surface area contributed by atoms with Gasteiger partial charge in [0.25, 0.3) is 0 Å². The molecule has 1 heterocycles. The number of thiazole rings is 1. The number of hydrogen-bond acceptors (Lipinski definition) is 4. The van der Waals surface area contributed by atoms with Crippen LogP contribution < -0.4 is 0 Å². The molecule has 0 aliphatic rings. The summed E-state index contributed by atoms with van der Waals surface area (Å²) in [5.74, 6) is -0.0977. The number of nitrogens with zero attached hydrogens (tertiary/aromatic N) is 1. The van der Waals surface area contributed by atoms with Gasteiger partial charge in [0.1, 0.15) is 9.88 Å². The van der Waals surface area contributed by atoms with Gasteiger partial charge in [-0.2, -0.15) is 0 Å². The highest BCUT2D eigenvalue weighted by atomic mass is 32.2. The quantitative estimate of drug-likeness (QED) is 0.888. The van der Waals surface area contributed by atoms with Crippen molar-refractivity contribution in [3.8, 4) is 0 Å². The van der Waals surface area contributed by atoms with Crippen LogP contribution in [0.5, 0.6) is 0 Å². The number of carboxylic acid groups (broad SMARTS) is 1. The third-order valence-electron chi connectivity index (χ3n) is 1.66. The number of aromatic carboxylic acids is 1. The molecule has 0 saturated carbocycles. The van der Waals surface area contributed by atoms with Gasteiger partial charge in [0.15, 0.2) is 0 Å². The van der Waals surface area contributed by atoms with Crippen molar-refractivity contribution in [1.82, 2.24) is 4.98 Å². The van der Waals surface area contributed by atoms with Gasteiger partial charge in [-0.05, 0) is 6.92 Å². The summed E-state index contributed by atoms with van der Waals surface area (Å²) in [5, 5.41) is 9.76. The van der Waals surface area contributed by atoms with Crippen LogP contribution >= 0.6 is 23.1 Å². The topological polar surface area (TPSA) is 50.2 Å². The Bertz CT molecular complexity index is 366. The summed E-state index contributed by atoms with van der Waals surface area (Å²) in [7, 11) is 0. The highest BCUT2D eigenvalue weighted by molar-refractivity contribution is 7.99. The summed E-state index contributed by atoms with van der Waals surface area (Å²) in [5.41, 5.74) is 0.622. The lowest BCUT2D eigenvalue weighted by molar-refractivity contribution is 0.0701. The van der Waals surface area contributed by atoms with Crippen molar-refractivity contribution >= 4 is 29.1 Å². The Morgan fingerprint density at radius 2 is 2.13 bits per heavy atom. The van der Waals surface area contributed by atoms with Crippen molar-refractivity contribution in [1.29, 1.82) is 0 Å². The van der Waals surface area contributed by atoms with E-state index < -0.39 is 5.97 Å². The second kappa shape index (κ2) is 4.53. The molecule has 1 rings (SSSR count). The lowest BCUT2D eigenvalue weighted by Gasteiger charge is -2.15. The Morgan fingerprint density at radius 3 is 2.53 bits per heavy atom. The van der Waals surface area contributed by atoms with Crippen LogP contribution in [-0.4, -0.2) is 20.8 Å². The summed E-state index contributed by atoms with van der Waals surface area (Å²) < 4.78 is 0.183. The molecule has 0 amide bonds. The highest BCUT2D eigenvalue weighted by Gasteiger charge is 2.16. The molecule has 0 radical (unpaired) electrons. The zero-order valence-corrected chi connectivity index (χ0v) is 11.0. The molecule has 84 valence electrons. The van der Waals surface area contributed by atoms with E-state index in [1.165, 1.54) is 11.3 Å². The zero-order valence-electron chi connectivity index (χ0n) is 9.33. The predicted octanol–water partition coefficient (Wildman–Crippen LogP) is 3.18. The van der Waals surface area contributed by atoms with Crippen molar-refractivity contribution < 1.29 is 9.90 Å². The second-order valence-corrected chi connectivity index (χ2v) is 7.11. The first-order chi connectivity index (χ1) is 6.79. The first-order valence-electron chi connectivity index (χ1n) is 4.63. The summed E-state index contributed by atoms with van der Waals surface area (Å²) >= 11 is 3.05. The summed E-state index contributed by atoms with van der Waals surface area (Å²) in [6.07, 6.45) is 0. The van der Waals surface area contributed by atoms with Crippen LogP contribution in [0.1, 0.15) is 41.1 Å². The van der Waals surface area contributed by atoms with Gasteiger partial charge >= 0.3 is 5.97 Å². The van der Waals surface area contributed by atoms with Gasteiger partial charge < -0.3 is 5.11 Å². The monoisotopic (exact) mass is 245 g/mol. The predicted molar refractivity (Wildman–Crippen MR) is 64.9 cm³/mol. The van der Waals surface area contributed by atoms with E-state index in [1.807, 2.05) is 0 Å². The number of carbonyl (C=O) groups is 1. The van der Waals surface area contributed by atoms with Gasteiger partial charge in [0.2, 0.25) is 0 Å². The number of rotatable bonds is 3. The molecule has 0 fully saturated rings. The molecule has 0 aliphatic heterocycles. The van der Waals surface area contributed by atoms with E-state index in [0.717, 1.165) is 10.8 Å². The fourth-order valence-corrected chi connectivity index (χ4v) is 2.72. The van der Waals surface area contributed by atoms with Crippen LogP contribution in [0.2, 0.25) is 0 Å². The molecule has 0 saturated heterocycles. The maximum absolute atomic E-state index is 10.8. The molecular weight excluding hydrogens is 230 g/mol. The van der Waals surface area contributed by atoms with E-state index >= 15 is 0 Å². The molecule has 5 heteroatoms. The molecule has 3 nitrogen and oxygen atoms in total. The Kier molecular flexibility index (Phi) is 3.78. The molecule has 1 N–H and O–H groups in total. The van der Waals surface area contributed by atoms with E-state index in [-0.39, 0.29) is 4.75 Å². The van der Waals surface area contributed by atoms with Crippen molar-refractivity contribution in [2.45, 2.75) is 38.2 Å². The number of aryl methyl sites for hydroxylation is 1. The average Bonchev–Trinajstić information content (AvgIpc) is 2.42. The van der Waals surface area contributed by atoms with Crippen molar-refractivity contribution in [3.63, 3.8) is 0 Å². The van der Waals surface area contributed by atoms with E-state index in [9.17, 15) is 4.79 Å². The average molecular weight is 245 g/mol. The molecule has 0 aromatic carbocycles. The third-order valence-corrected chi connectivity index (χ3v) is 4.28. The molecule has 0 spiro atoms. The molecule has 0 bridgehead atoms. The molecule has 1 aromatic rings. The molecule has 0 atom stereocenters. The molecule has 1 aromatic heterocycles. The summed E-state index contributed by atoms with van der Waals surface area (Å²) in [6, 6.07) is 0. The SMILES string of the molecule is Cc1nc(CSC(C)(C)C)sc1C(=O)O. The zero-order chi connectivity index (χ0) is 11.6. The van der Waals surface area contributed by atoms with Gasteiger partial charge in [-0.3, -0.25) is 0 Å². The number of hydrogen-bond donors (Lipinski definition) is 1. The maximum Gasteiger partial charge on any atom is 0.347 e. The smallest absolute Gasteiger partial charge is 0.347 e. The lowest BCUT2D eigenvalue weighted by Crippen LogP contribution is -2.07. The summed E-state index contributed by atoms with van der Waals surface area (Å²) in [4.78, 5) is 15.4. The maximum atomic E-state index is 10.8. The largest absolute Gasteiger partial charge is 0.477 e.